The van der Waals surface area contributed by atoms with Gasteiger partial charge in [0.1, 0.15) is 22.7 Å². The summed E-state index contributed by atoms with van der Waals surface area (Å²) >= 11 is 0. The minimum Gasteiger partial charge on any atom is -0.466 e. The van der Waals surface area contributed by atoms with E-state index in [9.17, 15) is 18.0 Å². The van der Waals surface area contributed by atoms with Crippen LogP contribution in [0.15, 0.2) is 30.6 Å². The summed E-state index contributed by atoms with van der Waals surface area (Å²) in [5.41, 5.74) is 2.22. The van der Waals surface area contributed by atoms with Gasteiger partial charge in [0.25, 0.3) is 0 Å². The van der Waals surface area contributed by atoms with Gasteiger partial charge in [-0.05, 0) is 44.9 Å². The molecule has 12 nitrogen and oxygen atoms in total. The van der Waals surface area contributed by atoms with Gasteiger partial charge in [0.15, 0.2) is 11.5 Å². The van der Waals surface area contributed by atoms with Crippen LogP contribution >= 0.6 is 0 Å². The standard InChI is InChI=1S/C36H46F3N9O3/c1-7-51-31(49)10-11-47-12-13-48(19-22(47)2)30-18-40-27(17-41-30)33-44-32-28(46(5)20-35(3,4)21-50-6)16-26(43-34(32)45-33)24-14-25(23-8-9-23)42-29(15-24)36(37,38)39/h14-18,22-23H,7-13,19-21H2,1-6H3,(H,43,44,45)/t22-/m1/s1. The number of hydrogen-bond donors (Lipinski definition) is 1. The second-order valence-corrected chi connectivity index (χ2v) is 14.3. The second kappa shape index (κ2) is 14.7. The Bertz CT molecular complexity index is 1840. The lowest BCUT2D eigenvalue weighted by molar-refractivity contribution is -0.143. The van der Waals surface area contributed by atoms with Crippen LogP contribution in [0.2, 0.25) is 0 Å². The smallest absolute Gasteiger partial charge is 0.433 e. The molecule has 0 bridgehead atoms. The van der Waals surface area contributed by atoms with E-state index in [1.807, 2.05) is 18.0 Å². The number of pyridine rings is 2. The van der Waals surface area contributed by atoms with Crippen LogP contribution in [0.1, 0.15) is 64.3 Å². The molecule has 5 heterocycles. The van der Waals surface area contributed by atoms with E-state index in [2.05, 4.69) is 40.5 Å². The summed E-state index contributed by atoms with van der Waals surface area (Å²) < 4.78 is 52.4. The van der Waals surface area contributed by atoms with Crippen molar-refractivity contribution in [3.8, 4) is 22.8 Å². The fourth-order valence-electron chi connectivity index (χ4n) is 6.75. The van der Waals surface area contributed by atoms with Gasteiger partial charge in [-0.3, -0.25) is 9.69 Å². The van der Waals surface area contributed by atoms with Crippen molar-refractivity contribution in [3.05, 3.63) is 42.0 Å². The van der Waals surface area contributed by atoms with Gasteiger partial charge >= 0.3 is 12.1 Å². The van der Waals surface area contributed by atoms with E-state index in [4.69, 9.17) is 29.4 Å². The lowest BCUT2D eigenvalue weighted by Crippen LogP contribution is -2.52. The number of methoxy groups -OCH3 is 1. The van der Waals surface area contributed by atoms with Gasteiger partial charge in [-0.1, -0.05) is 13.8 Å². The number of carbonyl (C=O) groups excluding carboxylic acids is 1. The maximum Gasteiger partial charge on any atom is 0.433 e. The van der Waals surface area contributed by atoms with Gasteiger partial charge < -0.3 is 24.3 Å². The van der Waals surface area contributed by atoms with Crippen LogP contribution in [0.25, 0.3) is 33.9 Å². The summed E-state index contributed by atoms with van der Waals surface area (Å²) in [6, 6.07) is 4.81. The monoisotopic (exact) mass is 709 g/mol. The number of nitrogens with zero attached hydrogens (tertiary/aromatic N) is 8. The number of hydrogen-bond acceptors (Lipinski definition) is 11. The van der Waals surface area contributed by atoms with E-state index in [0.29, 0.717) is 72.4 Å². The molecule has 0 unspecified atom stereocenters. The second-order valence-electron chi connectivity index (χ2n) is 14.3. The zero-order valence-electron chi connectivity index (χ0n) is 30.0. The molecule has 4 aromatic heterocycles. The highest BCUT2D eigenvalue weighted by molar-refractivity contribution is 5.91. The number of fused-ring (bicyclic) bond motifs is 1. The van der Waals surface area contributed by atoms with Crippen LogP contribution in [-0.4, -0.2) is 107 Å². The van der Waals surface area contributed by atoms with Gasteiger partial charge in [-0.15, -0.1) is 0 Å². The molecule has 15 heteroatoms. The zero-order valence-corrected chi connectivity index (χ0v) is 30.0. The summed E-state index contributed by atoms with van der Waals surface area (Å²) in [7, 11) is 3.60. The number of imidazole rings is 1. The number of H-pyrrole nitrogens is 1. The molecule has 1 atom stereocenters. The highest BCUT2D eigenvalue weighted by atomic mass is 19.4. The van der Waals surface area contributed by atoms with Gasteiger partial charge in [0.2, 0.25) is 0 Å². The molecular formula is C36H46F3N9O3. The Hall–Kier alpha value is -4.37. The van der Waals surface area contributed by atoms with Crippen molar-refractivity contribution in [2.75, 3.05) is 69.9 Å². The fraction of sp³-hybridized carbons (Fsp3) is 0.556. The van der Waals surface area contributed by atoms with Crippen molar-refractivity contribution in [1.29, 1.82) is 0 Å². The number of aromatic nitrogens is 6. The third-order valence-electron chi connectivity index (χ3n) is 9.36. The molecule has 0 spiro atoms. The number of anilines is 2. The molecule has 1 saturated heterocycles. The van der Waals surface area contributed by atoms with Crippen molar-refractivity contribution in [1.82, 2.24) is 34.8 Å². The molecule has 6 rings (SSSR count). The molecule has 1 aliphatic carbocycles. The Morgan fingerprint density at radius 2 is 1.84 bits per heavy atom. The van der Waals surface area contributed by atoms with Gasteiger partial charge in [0.05, 0.1) is 43.4 Å². The number of ether oxygens (including phenoxy) is 2. The highest BCUT2D eigenvalue weighted by Gasteiger charge is 2.36. The predicted molar refractivity (Wildman–Crippen MR) is 189 cm³/mol. The third kappa shape index (κ3) is 8.58. The van der Waals surface area contributed by atoms with Crippen molar-refractivity contribution >= 4 is 28.6 Å². The summed E-state index contributed by atoms with van der Waals surface area (Å²) in [4.78, 5) is 44.6. The maximum atomic E-state index is 14.0. The van der Waals surface area contributed by atoms with Crippen molar-refractivity contribution in [3.63, 3.8) is 0 Å². The SMILES string of the molecule is CCOC(=O)CCN1CCN(c2cnc(-c3nc4nc(-c5cc(C6CC6)nc(C(F)(F)F)c5)cc(N(C)CC(C)(C)COC)c4[nH]3)cn2)C[C@H]1C. The fourth-order valence-corrected chi connectivity index (χ4v) is 6.75. The van der Waals surface area contributed by atoms with Crippen LogP contribution in [0.4, 0.5) is 24.7 Å². The van der Waals surface area contributed by atoms with Gasteiger partial charge in [-0.2, -0.15) is 13.2 Å². The quantitative estimate of drug-likeness (QED) is 0.166. The van der Waals surface area contributed by atoms with Crippen molar-refractivity contribution in [2.24, 2.45) is 5.41 Å². The third-order valence-corrected chi connectivity index (χ3v) is 9.36. The summed E-state index contributed by atoms with van der Waals surface area (Å²) in [5, 5.41) is 0. The van der Waals surface area contributed by atoms with E-state index in [1.165, 1.54) is 0 Å². The summed E-state index contributed by atoms with van der Waals surface area (Å²) in [6.45, 7) is 12.5. The number of nitrogens with one attached hydrogen (secondary N) is 1. The maximum absolute atomic E-state index is 14.0. The zero-order chi connectivity index (χ0) is 36.5. The minimum atomic E-state index is -4.59. The lowest BCUT2D eigenvalue weighted by Gasteiger charge is -2.40. The molecule has 0 aromatic carbocycles. The van der Waals surface area contributed by atoms with Crippen LogP contribution in [0.5, 0.6) is 0 Å². The first-order chi connectivity index (χ1) is 24.2. The Labute approximate surface area is 295 Å². The molecule has 2 aliphatic rings. The van der Waals surface area contributed by atoms with E-state index in [-0.39, 0.29) is 23.3 Å². The van der Waals surface area contributed by atoms with Crippen LogP contribution in [0, 0.1) is 5.41 Å². The molecule has 1 N–H and O–H groups in total. The Morgan fingerprint density at radius 3 is 2.49 bits per heavy atom. The molecular weight excluding hydrogens is 663 g/mol. The first kappa shape index (κ1) is 36.4. The first-order valence-electron chi connectivity index (χ1n) is 17.4. The van der Waals surface area contributed by atoms with Crippen molar-refractivity contribution in [2.45, 2.75) is 65.1 Å². The Kier molecular flexibility index (Phi) is 10.5. The average Bonchev–Trinajstić information content (AvgIpc) is 3.85. The Morgan fingerprint density at radius 1 is 1.06 bits per heavy atom. The molecule has 1 aliphatic heterocycles. The van der Waals surface area contributed by atoms with Gasteiger partial charge in [-0.25, -0.2) is 24.9 Å². The molecule has 51 heavy (non-hydrogen) atoms. The number of esters is 1. The molecule has 0 radical (unpaired) electrons. The van der Waals surface area contributed by atoms with Crippen LogP contribution in [0.3, 0.4) is 0 Å². The van der Waals surface area contributed by atoms with Crippen LogP contribution in [-0.2, 0) is 20.4 Å². The molecule has 1 saturated carbocycles. The summed E-state index contributed by atoms with van der Waals surface area (Å²) in [5.74, 6) is 1.02. The number of piperazine rings is 1. The number of halogens is 3. The first-order valence-corrected chi connectivity index (χ1v) is 17.4. The summed E-state index contributed by atoms with van der Waals surface area (Å²) in [6.07, 6.45) is 0.791. The normalized spacial score (nSPS) is 17.3. The van der Waals surface area contributed by atoms with E-state index >= 15 is 0 Å². The van der Waals surface area contributed by atoms with Crippen molar-refractivity contribution < 1.29 is 27.4 Å². The predicted octanol–water partition coefficient (Wildman–Crippen LogP) is 5.95. The molecule has 274 valence electrons. The molecule has 0 amide bonds. The topological polar surface area (TPSA) is 125 Å². The largest absolute Gasteiger partial charge is 0.466 e. The van der Waals surface area contributed by atoms with E-state index in [0.717, 1.165) is 50.0 Å². The minimum absolute atomic E-state index is 0.0220. The van der Waals surface area contributed by atoms with Gasteiger partial charge in [0, 0.05) is 75.5 Å². The number of carbonyl (C=O) groups is 1. The lowest BCUT2D eigenvalue weighted by atomic mass is 9.94. The average molecular weight is 710 g/mol. The highest BCUT2D eigenvalue weighted by Crippen LogP contribution is 2.42. The number of rotatable bonds is 13. The van der Waals surface area contributed by atoms with E-state index in [1.54, 1.807) is 32.5 Å². The number of aromatic amines is 1. The van der Waals surface area contributed by atoms with Crippen LogP contribution < -0.4 is 9.80 Å². The molecule has 2 fully saturated rings. The van der Waals surface area contributed by atoms with E-state index < -0.39 is 11.9 Å². The Balaban J connectivity index is 1.30. The number of alkyl halides is 3. The molecule has 4 aromatic rings.